The van der Waals surface area contributed by atoms with Crippen LogP contribution < -0.4 is 10.1 Å². The minimum Gasteiger partial charge on any atom is -0.494 e. The molecule has 2 aromatic carbocycles. The smallest absolute Gasteiger partial charge is 0.243 e. The summed E-state index contributed by atoms with van der Waals surface area (Å²) in [5.74, 6) is -0.0152. The van der Waals surface area contributed by atoms with Crippen LogP contribution in [0, 0.1) is 11.7 Å². The number of piperidine rings is 1. The molecule has 3 rings (SSSR count). The van der Waals surface area contributed by atoms with Crippen molar-refractivity contribution in [3.05, 3.63) is 59.4 Å². The van der Waals surface area contributed by atoms with Crippen LogP contribution in [0.15, 0.2) is 53.4 Å². The molecule has 0 bridgehead atoms. The van der Waals surface area contributed by atoms with Crippen molar-refractivity contribution in [3.8, 4) is 5.75 Å². The molecule has 1 amide bonds. The van der Waals surface area contributed by atoms with Gasteiger partial charge in [-0.2, -0.15) is 4.31 Å². The molecule has 0 saturated carbocycles. The van der Waals surface area contributed by atoms with Crippen LogP contribution in [0.2, 0.25) is 5.02 Å². The van der Waals surface area contributed by atoms with E-state index in [0.29, 0.717) is 56.3 Å². The highest BCUT2D eigenvalue weighted by molar-refractivity contribution is 7.89. The Kier molecular flexibility index (Phi) is 7.69. The first-order chi connectivity index (χ1) is 14.4. The van der Waals surface area contributed by atoms with E-state index in [0.717, 1.165) is 0 Å². The zero-order valence-corrected chi connectivity index (χ0v) is 18.0. The molecule has 1 N–H and O–H groups in total. The molecule has 0 aromatic heterocycles. The number of carbonyl (C=O) groups is 1. The number of amides is 1. The van der Waals surface area contributed by atoms with Crippen LogP contribution in [0.3, 0.4) is 0 Å². The number of nitrogens with one attached hydrogen (secondary N) is 1. The van der Waals surface area contributed by atoms with E-state index in [1.165, 1.54) is 28.6 Å². The van der Waals surface area contributed by atoms with Gasteiger partial charge in [0.05, 0.1) is 11.5 Å². The van der Waals surface area contributed by atoms with Gasteiger partial charge < -0.3 is 10.1 Å². The molecule has 6 nitrogen and oxygen atoms in total. The van der Waals surface area contributed by atoms with E-state index in [1.807, 2.05) is 0 Å². The summed E-state index contributed by atoms with van der Waals surface area (Å²) in [5, 5.41) is 3.36. The predicted molar refractivity (Wildman–Crippen MR) is 112 cm³/mol. The van der Waals surface area contributed by atoms with Crippen LogP contribution in [0.25, 0.3) is 0 Å². The Bertz CT molecular complexity index is 944. The molecular formula is C21H24ClFN2O4S. The van der Waals surface area contributed by atoms with Gasteiger partial charge in [0.2, 0.25) is 15.9 Å². The monoisotopic (exact) mass is 454 g/mol. The number of rotatable bonds is 8. The molecule has 1 saturated heterocycles. The summed E-state index contributed by atoms with van der Waals surface area (Å²) in [6.45, 7) is 1.47. The van der Waals surface area contributed by atoms with Gasteiger partial charge in [-0.25, -0.2) is 12.8 Å². The van der Waals surface area contributed by atoms with Crippen molar-refractivity contribution in [2.24, 2.45) is 5.92 Å². The maximum atomic E-state index is 12.8. The lowest BCUT2D eigenvalue weighted by atomic mass is 9.97. The fourth-order valence-electron chi connectivity index (χ4n) is 3.26. The summed E-state index contributed by atoms with van der Waals surface area (Å²) in [4.78, 5) is 12.6. The van der Waals surface area contributed by atoms with Crippen LogP contribution in [0.4, 0.5) is 4.39 Å². The Balaban J connectivity index is 1.38. The summed E-state index contributed by atoms with van der Waals surface area (Å²) in [7, 11) is -3.58. The van der Waals surface area contributed by atoms with Gasteiger partial charge in [0.15, 0.2) is 0 Å². The number of hydrogen-bond acceptors (Lipinski definition) is 4. The molecule has 0 unspecified atom stereocenters. The Labute approximate surface area is 181 Å². The Morgan fingerprint density at radius 2 is 1.73 bits per heavy atom. The van der Waals surface area contributed by atoms with E-state index in [2.05, 4.69) is 5.32 Å². The Hall–Kier alpha value is -2.16. The number of halogens is 2. The first-order valence-electron chi connectivity index (χ1n) is 9.78. The molecule has 0 radical (unpaired) electrons. The highest BCUT2D eigenvalue weighted by Gasteiger charge is 2.31. The SMILES string of the molecule is O=C(NCCCOc1ccc(F)cc1)C1CCN(S(=O)(=O)c2ccc(Cl)cc2)CC1. The molecule has 0 atom stereocenters. The number of carbonyl (C=O) groups excluding carboxylic acids is 1. The fraction of sp³-hybridized carbons (Fsp3) is 0.381. The summed E-state index contributed by atoms with van der Waals surface area (Å²) < 4.78 is 45.1. The van der Waals surface area contributed by atoms with Crippen molar-refractivity contribution in [2.45, 2.75) is 24.2 Å². The summed E-state index contributed by atoms with van der Waals surface area (Å²) in [5.41, 5.74) is 0. The molecule has 1 heterocycles. The molecule has 1 aliphatic rings. The van der Waals surface area contributed by atoms with Gasteiger partial charge in [0.25, 0.3) is 0 Å². The average Bonchev–Trinajstić information content (AvgIpc) is 2.75. The number of benzene rings is 2. The Morgan fingerprint density at radius 1 is 1.10 bits per heavy atom. The van der Waals surface area contributed by atoms with E-state index in [-0.39, 0.29) is 22.5 Å². The van der Waals surface area contributed by atoms with Gasteiger partial charge in [-0.3, -0.25) is 4.79 Å². The first kappa shape index (κ1) is 22.5. The van der Waals surface area contributed by atoms with Gasteiger partial charge in [0, 0.05) is 30.6 Å². The van der Waals surface area contributed by atoms with Crippen LogP contribution in [0.5, 0.6) is 5.75 Å². The molecule has 30 heavy (non-hydrogen) atoms. The maximum Gasteiger partial charge on any atom is 0.243 e. The van der Waals surface area contributed by atoms with Gasteiger partial charge in [-0.1, -0.05) is 11.6 Å². The lowest BCUT2D eigenvalue weighted by Gasteiger charge is -2.30. The van der Waals surface area contributed by atoms with E-state index >= 15 is 0 Å². The lowest BCUT2D eigenvalue weighted by molar-refractivity contribution is -0.126. The standard InChI is InChI=1S/C21H24ClFN2O4S/c22-17-2-8-20(9-3-17)30(27,28)25-13-10-16(11-14-25)21(26)24-12-1-15-29-19-6-4-18(23)5-7-19/h2-9,16H,1,10-15H2,(H,24,26). The van der Waals surface area contributed by atoms with Crippen molar-refractivity contribution >= 4 is 27.5 Å². The van der Waals surface area contributed by atoms with Crippen LogP contribution in [0.1, 0.15) is 19.3 Å². The first-order valence-corrected chi connectivity index (χ1v) is 11.6. The van der Waals surface area contributed by atoms with Crippen LogP contribution >= 0.6 is 11.6 Å². The molecule has 1 aliphatic heterocycles. The minimum atomic E-state index is -3.58. The van der Waals surface area contributed by atoms with E-state index in [4.69, 9.17) is 16.3 Å². The van der Waals surface area contributed by atoms with Gasteiger partial charge in [-0.15, -0.1) is 0 Å². The Morgan fingerprint density at radius 3 is 2.37 bits per heavy atom. The number of sulfonamides is 1. The van der Waals surface area contributed by atoms with Crippen LogP contribution in [-0.2, 0) is 14.8 Å². The summed E-state index contributed by atoms with van der Waals surface area (Å²) >= 11 is 5.83. The topological polar surface area (TPSA) is 75.7 Å². The highest BCUT2D eigenvalue weighted by Crippen LogP contribution is 2.24. The largest absolute Gasteiger partial charge is 0.494 e. The molecular weight excluding hydrogens is 431 g/mol. The number of ether oxygens (including phenoxy) is 1. The zero-order valence-electron chi connectivity index (χ0n) is 16.4. The third-order valence-corrected chi connectivity index (χ3v) is 7.14. The summed E-state index contributed by atoms with van der Waals surface area (Å²) in [6, 6.07) is 11.9. The normalized spacial score (nSPS) is 15.7. The molecule has 0 aliphatic carbocycles. The second-order valence-electron chi connectivity index (χ2n) is 7.08. The molecule has 1 fully saturated rings. The second kappa shape index (κ2) is 10.2. The maximum absolute atomic E-state index is 12.8. The lowest BCUT2D eigenvalue weighted by Crippen LogP contribution is -2.43. The van der Waals surface area contributed by atoms with Crippen molar-refractivity contribution in [1.82, 2.24) is 9.62 Å². The number of hydrogen-bond donors (Lipinski definition) is 1. The summed E-state index contributed by atoms with van der Waals surface area (Å²) in [6.07, 6.45) is 1.57. The van der Waals surface area contributed by atoms with Crippen molar-refractivity contribution in [1.29, 1.82) is 0 Å². The minimum absolute atomic E-state index is 0.0691. The number of nitrogens with zero attached hydrogens (tertiary/aromatic N) is 1. The molecule has 0 spiro atoms. The van der Waals surface area contributed by atoms with Gasteiger partial charge in [-0.05, 0) is 67.8 Å². The second-order valence-corrected chi connectivity index (χ2v) is 9.45. The van der Waals surface area contributed by atoms with Crippen molar-refractivity contribution in [2.75, 3.05) is 26.2 Å². The van der Waals surface area contributed by atoms with Crippen molar-refractivity contribution < 1.29 is 22.3 Å². The van der Waals surface area contributed by atoms with Gasteiger partial charge in [0.1, 0.15) is 11.6 Å². The average molecular weight is 455 g/mol. The third kappa shape index (κ3) is 5.93. The van der Waals surface area contributed by atoms with Crippen LogP contribution in [-0.4, -0.2) is 44.9 Å². The predicted octanol–water partition coefficient (Wildman–Crippen LogP) is 3.47. The zero-order chi connectivity index (χ0) is 21.6. The van der Waals surface area contributed by atoms with E-state index in [9.17, 15) is 17.6 Å². The molecule has 9 heteroatoms. The third-order valence-electron chi connectivity index (χ3n) is 4.98. The van der Waals surface area contributed by atoms with Crippen molar-refractivity contribution in [3.63, 3.8) is 0 Å². The highest BCUT2D eigenvalue weighted by atomic mass is 35.5. The van der Waals surface area contributed by atoms with E-state index < -0.39 is 10.0 Å². The van der Waals surface area contributed by atoms with E-state index in [1.54, 1.807) is 24.3 Å². The van der Waals surface area contributed by atoms with Gasteiger partial charge >= 0.3 is 0 Å². The molecule has 2 aromatic rings. The quantitative estimate of drug-likeness (QED) is 0.620. The fourth-order valence-corrected chi connectivity index (χ4v) is 4.86. The molecule has 162 valence electrons.